The normalized spacial score (nSPS) is 10.6. The van der Waals surface area contributed by atoms with Crippen LogP contribution in [-0.4, -0.2) is 34.5 Å². The molecule has 1 aromatic heterocycles. The number of rotatable bonds is 5. The predicted molar refractivity (Wildman–Crippen MR) is 91.9 cm³/mol. The maximum atomic E-state index is 12.3. The van der Waals surface area contributed by atoms with E-state index in [0.717, 1.165) is 5.56 Å². The van der Waals surface area contributed by atoms with E-state index < -0.39 is 0 Å². The van der Waals surface area contributed by atoms with Gasteiger partial charge in [-0.1, -0.05) is 41.0 Å². The molecular formula is C18H16ClN3O2. The maximum absolute atomic E-state index is 12.3. The highest BCUT2D eigenvalue weighted by Gasteiger charge is 2.14. The molecule has 0 saturated carbocycles. The van der Waals surface area contributed by atoms with Crippen molar-refractivity contribution in [3.8, 4) is 11.5 Å². The van der Waals surface area contributed by atoms with Gasteiger partial charge in [-0.15, -0.1) is 0 Å². The molecule has 0 unspecified atom stereocenters. The number of aromatic nitrogens is 2. The van der Waals surface area contributed by atoms with Gasteiger partial charge in [-0.25, -0.2) is 0 Å². The molecule has 0 N–H and O–H groups in total. The molecule has 5 nitrogen and oxygen atoms in total. The topological polar surface area (TPSA) is 59.2 Å². The lowest BCUT2D eigenvalue weighted by molar-refractivity contribution is 0.0796. The first-order valence-electron chi connectivity index (χ1n) is 7.52. The summed E-state index contributed by atoms with van der Waals surface area (Å²) >= 11 is 5.92. The van der Waals surface area contributed by atoms with Gasteiger partial charge in [0.2, 0.25) is 0 Å². The van der Waals surface area contributed by atoms with Gasteiger partial charge in [-0.2, -0.15) is 4.98 Å². The Kier molecular flexibility index (Phi) is 4.91. The van der Waals surface area contributed by atoms with Crippen LogP contribution in [0.5, 0.6) is 0 Å². The maximum Gasteiger partial charge on any atom is 0.257 e. The van der Waals surface area contributed by atoms with E-state index in [-0.39, 0.29) is 5.91 Å². The molecule has 0 aliphatic carbocycles. The van der Waals surface area contributed by atoms with Crippen molar-refractivity contribution < 1.29 is 9.32 Å². The van der Waals surface area contributed by atoms with E-state index in [1.54, 1.807) is 36.2 Å². The van der Waals surface area contributed by atoms with Crippen LogP contribution < -0.4 is 0 Å². The summed E-state index contributed by atoms with van der Waals surface area (Å²) in [6.45, 7) is 0.485. The summed E-state index contributed by atoms with van der Waals surface area (Å²) < 4.78 is 5.26. The zero-order chi connectivity index (χ0) is 16.9. The van der Waals surface area contributed by atoms with E-state index in [0.29, 0.717) is 35.3 Å². The van der Waals surface area contributed by atoms with Crippen LogP contribution in [0.25, 0.3) is 11.5 Å². The molecule has 0 bridgehead atoms. The first-order chi connectivity index (χ1) is 11.6. The number of hydrogen-bond acceptors (Lipinski definition) is 4. The van der Waals surface area contributed by atoms with Crippen molar-refractivity contribution >= 4 is 17.5 Å². The zero-order valence-electron chi connectivity index (χ0n) is 13.1. The van der Waals surface area contributed by atoms with Crippen molar-refractivity contribution in [3.05, 3.63) is 71.0 Å². The fraction of sp³-hybridized carbons (Fsp3) is 0.167. The summed E-state index contributed by atoms with van der Waals surface area (Å²) in [5.74, 6) is 0.957. The van der Waals surface area contributed by atoms with Crippen LogP contribution in [0.2, 0.25) is 5.02 Å². The van der Waals surface area contributed by atoms with Crippen molar-refractivity contribution in [3.63, 3.8) is 0 Å². The summed E-state index contributed by atoms with van der Waals surface area (Å²) in [7, 11) is 1.74. The van der Waals surface area contributed by atoms with Crippen LogP contribution in [0, 0.1) is 0 Å². The van der Waals surface area contributed by atoms with E-state index in [9.17, 15) is 4.79 Å². The molecule has 0 spiro atoms. The SMILES string of the molecule is CN(CCc1noc(-c2ccccc2)n1)C(=O)c1cccc(Cl)c1. The van der Waals surface area contributed by atoms with Gasteiger partial charge in [0.25, 0.3) is 11.8 Å². The van der Waals surface area contributed by atoms with E-state index in [4.69, 9.17) is 16.1 Å². The number of nitrogens with zero attached hydrogens (tertiary/aromatic N) is 3. The van der Waals surface area contributed by atoms with Gasteiger partial charge in [0.15, 0.2) is 5.82 Å². The van der Waals surface area contributed by atoms with Gasteiger partial charge in [0, 0.05) is 36.2 Å². The highest BCUT2D eigenvalue weighted by Crippen LogP contribution is 2.16. The van der Waals surface area contributed by atoms with E-state index in [1.165, 1.54) is 0 Å². The molecule has 1 heterocycles. The molecule has 0 saturated heterocycles. The predicted octanol–water partition coefficient (Wildman–Crippen LogP) is 3.70. The number of carbonyl (C=O) groups excluding carboxylic acids is 1. The second-order valence-corrected chi connectivity index (χ2v) is 5.81. The minimum Gasteiger partial charge on any atom is -0.341 e. The largest absolute Gasteiger partial charge is 0.341 e. The van der Waals surface area contributed by atoms with Crippen LogP contribution in [0.3, 0.4) is 0 Å². The van der Waals surface area contributed by atoms with Crippen molar-refractivity contribution in [2.24, 2.45) is 0 Å². The standard InChI is InChI=1S/C18H16ClN3O2/c1-22(18(23)14-8-5-9-15(19)12-14)11-10-16-20-17(24-21-16)13-6-3-2-4-7-13/h2-9,12H,10-11H2,1H3. The minimum absolute atomic E-state index is 0.0933. The third kappa shape index (κ3) is 3.81. The summed E-state index contributed by atoms with van der Waals surface area (Å²) in [6, 6.07) is 16.5. The fourth-order valence-electron chi connectivity index (χ4n) is 2.26. The molecule has 6 heteroatoms. The smallest absolute Gasteiger partial charge is 0.257 e. The van der Waals surface area contributed by atoms with Crippen molar-refractivity contribution in [1.29, 1.82) is 0 Å². The fourth-order valence-corrected chi connectivity index (χ4v) is 2.45. The summed E-state index contributed by atoms with van der Waals surface area (Å²) in [5, 5.41) is 4.51. The summed E-state index contributed by atoms with van der Waals surface area (Å²) in [6.07, 6.45) is 0.513. The molecule has 3 aromatic rings. The minimum atomic E-state index is -0.0933. The lowest BCUT2D eigenvalue weighted by Crippen LogP contribution is -2.29. The molecule has 122 valence electrons. The lowest BCUT2D eigenvalue weighted by atomic mass is 10.2. The molecular weight excluding hydrogens is 326 g/mol. The van der Waals surface area contributed by atoms with Crippen LogP contribution in [0.1, 0.15) is 16.2 Å². The lowest BCUT2D eigenvalue weighted by Gasteiger charge is -2.16. The molecule has 24 heavy (non-hydrogen) atoms. The second-order valence-electron chi connectivity index (χ2n) is 5.37. The molecule has 1 amide bonds. The second kappa shape index (κ2) is 7.27. The Morgan fingerprint density at radius 1 is 1.17 bits per heavy atom. The number of benzene rings is 2. The number of amides is 1. The zero-order valence-corrected chi connectivity index (χ0v) is 13.9. The average molecular weight is 342 g/mol. The van der Waals surface area contributed by atoms with Crippen molar-refractivity contribution in [2.75, 3.05) is 13.6 Å². The Morgan fingerprint density at radius 2 is 1.96 bits per heavy atom. The van der Waals surface area contributed by atoms with E-state index >= 15 is 0 Å². The van der Waals surface area contributed by atoms with Gasteiger partial charge in [0.05, 0.1) is 0 Å². The Balaban J connectivity index is 1.61. The van der Waals surface area contributed by atoms with Crippen molar-refractivity contribution in [1.82, 2.24) is 15.0 Å². The van der Waals surface area contributed by atoms with Crippen LogP contribution >= 0.6 is 11.6 Å². The van der Waals surface area contributed by atoms with E-state index in [2.05, 4.69) is 10.1 Å². The third-order valence-electron chi connectivity index (χ3n) is 3.58. The molecule has 0 atom stereocenters. The third-order valence-corrected chi connectivity index (χ3v) is 3.81. The van der Waals surface area contributed by atoms with Gasteiger partial charge in [-0.3, -0.25) is 4.79 Å². The van der Waals surface area contributed by atoms with Crippen LogP contribution in [-0.2, 0) is 6.42 Å². The first-order valence-corrected chi connectivity index (χ1v) is 7.90. The van der Waals surface area contributed by atoms with Gasteiger partial charge in [-0.05, 0) is 30.3 Å². The van der Waals surface area contributed by atoms with Crippen LogP contribution in [0.15, 0.2) is 59.1 Å². The van der Waals surface area contributed by atoms with Gasteiger partial charge < -0.3 is 9.42 Å². The Morgan fingerprint density at radius 3 is 2.71 bits per heavy atom. The monoisotopic (exact) mass is 341 g/mol. The van der Waals surface area contributed by atoms with Gasteiger partial charge >= 0.3 is 0 Å². The van der Waals surface area contributed by atoms with Crippen molar-refractivity contribution in [2.45, 2.75) is 6.42 Å². The van der Waals surface area contributed by atoms with Gasteiger partial charge in [0.1, 0.15) is 0 Å². The molecule has 0 radical (unpaired) electrons. The molecule has 3 rings (SSSR count). The Hall–Kier alpha value is -2.66. The number of likely N-dealkylation sites (N-methyl/N-ethyl adjacent to an activating group) is 1. The molecule has 0 aliphatic rings. The van der Waals surface area contributed by atoms with E-state index in [1.807, 2.05) is 30.3 Å². The number of halogens is 1. The Bertz CT molecular complexity index is 833. The summed E-state index contributed by atoms with van der Waals surface area (Å²) in [4.78, 5) is 18.3. The van der Waals surface area contributed by atoms with Crippen LogP contribution in [0.4, 0.5) is 0 Å². The Labute approximate surface area is 144 Å². The molecule has 2 aromatic carbocycles. The highest BCUT2D eigenvalue weighted by atomic mass is 35.5. The summed E-state index contributed by atoms with van der Waals surface area (Å²) in [5.41, 5.74) is 1.43. The highest BCUT2D eigenvalue weighted by molar-refractivity contribution is 6.30. The molecule has 0 fully saturated rings. The quantitative estimate of drug-likeness (QED) is 0.710. The number of hydrogen-bond donors (Lipinski definition) is 0. The number of carbonyl (C=O) groups is 1. The molecule has 0 aliphatic heterocycles. The first kappa shape index (κ1) is 16.2. The average Bonchev–Trinajstić information content (AvgIpc) is 3.09.